The number of amides is 1. The van der Waals surface area contributed by atoms with E-state index in [9.17, 15) is 13.2 Å². The second kappa shape index (κ2) is 6.64. The van der Waals surface area contributed by atoms with Crippen molar-refractivity contribution < 1.29 is 22.7 Å². The van der Waals surface area contributed by atoms with Crippen molar-refractivity contribution in [1.29, 1.82) is 0 Å². The molecule has 8 nitrogen and oxygen atoms in total. The van der Waals surface area contributed by atoms with Crippen LogP contribution in [0.15, 0.2) is 18.5 Å². The monoisotopic (exact) mass is 355 g/mol. The maximum absolute atomic E-state index is 12.5. The molecule has 2 aliphatic rings. The van der Waals surface area contributed by atoms with Gasteiger partial charge in [0.1, 0.15) is 11.4 Å². The van der Waals surface area contributed by atoms with Crippen LogP contribution in [0.3, 0.4) is 0 Å². The molecule has 3 rings (SSSR count). The zero-order chi connectivity index (χ0) is 17.2. The van der Waals surface area contributed by atoms with Crippen molar-refractivity contribution in [3.8, 4) is 6.01 Å². The van der Waals surface area contributed by atoms with Crippen LogP contribution < -0.4 is 4.74 Å². The lowest BCUT2D eigenvalue weighted by molar-refractivity contribution is -0.142. The molecule has 9 heteroatoms. The van der Waals surface area contributed by atoms with Crippen LogP contribution in [0.25, 0.3) is 0 Å². The zero-order valence-corrected chi connectivity index (χ0v) is 14.4. The summed E-state index contributed by atoms with van der Waals surface area (Å²) in [7, 11) is -3.25. The van der Waals surface area contributed by atoms with Crippen LogP contribution in [0.5, 0.6) is 6.01 Å². The molecule has 0 N–H and O–H groups in total. The van der Waals surface area contributed by atoms with Gasteiger partial charge in [0, 0.05) is 38.0 Å². The summed E-state index contributed by atoms with van der Waals surface area (Å²) in [4.78, 5) is 21.5. The van der Waals surface area contributed by atoms with Gasteiger partial charge in [-0.25, -0.2) is 18.4 Å². The predicted octanol–water partition coefficient (Wildman–Crippen LogP) is -0.0924. The Labute approximate surface area is 141 Å². The van der Waals surface area contributed by atoms with Crippen LogP contribution in [-0.2, 0) is 19.4 Å². The van der Waals surface area contributed by atoms with Gasteiger partial charge < -0.3 is 14.4 Å². The van der Waals surface area contributed by atoms with E-state index in [4.69, 9.17) is 9.47 Å². The van der Waals surface area contributed by atoms with E-state index in [1.807, 2.05) is 6.92 Å². The summed E-state index contributed by atoms with van der Waals surface area (Å²) in [6.07, 6.45) is 3.67. The summed E-state index contributed by atoms with van der Waals surface area (Å²) in [6.45, 7) is 2.92. The Morgan fingerprint density at radius 3 is 2.75 bits per heavy atom. The molecule has 24 heavy (non-hydrogen) atoms. The van der Waals surface area contributed by atoms with Gasteiger partial charge in [-0.2, -0.15) is 0 Å². The fourth-order valence-electron chi connectivity index (χ4n) is 3.30. The minimum atomic E-state index is -3.25. The van der Waals surface area contributed by atoms with E-state index < -0.39 is 14.6 Å². The van der Waals surface area contributed by atoms with Crippen molar-refractivity contribution in [3.05, 3.63) is 18.5 Å². The van der Waals surface area contributed by atoms with E-state index in [1.165, 1.54) is 0 Å². The second-order valence-electron chi connectivity index (χ2n) is 6.10. The van der Waals surface area contributed by atoms with E-state index in [0.29, 0.717) is 13.0 Å². The lowest BCUT2D eigenvalue weighted by atomic mass is 9.83. The van der Waals surface area contributed by atoms with E-state index in [0.717, 1.165) is 0 Å². The summed E-state index contributed by atoms with van der Waals surface area (Å²) in [5, 5.41) is 0. The Hall–Kier alpha value is -1.74. The standard InChI is InChI=1S/C15H21N3O5S/c1-2-22-9-13(19)18-10-15(11-18)12(4-7-24(15,20)21)8-23-14-16-5-3-6-17-14/h3,5-6,12H,2,4,7-11H2,1H3/t12-/m1/s1. The quantitative estimate of drug-likeness (QED) is 0.703. The first-order valence-corrected chi connectivity index (χ1v) is 9.61. The molecule has 1 atom stereocenters. The van der Waals surface area contributed by atoms with Gasteiger partial charge in [0.05, 0.1) is 12.4 Å². The number of sulfone groups is 1. The van der Waals surface area contributed by atoms with E-state index in [-0.39, 0.29) is 49.9 Å². The molecular weight excluding hydrogens is 334 g/mol. The minimum absolute atomic E-state index is 0.00828. The molecule has 1 spiro atoms. The Kier molecular flexibility index (Phi) is 4.73. The molecular formula is C15H21N3O5S. The summed E-state index contributed by atoms with van der Waals surface area (Å²) in [6, 6.07) is 1.92. The molecule has 0 aliphatic carbocycles. The van der Waals surface area contributed by atoms with Crippen LogP contribution in [-0.4, -0.2) is 72.6 Å². The zero-order valence-electron chi connectivity index (χ0n) is 13.6. The van der Waals surface area contributed by atoms with E-state index in [1.54, 1.807) is 23.4 Å². The maximum atomic E-state index is 12.5. The molecule has 0 radical (unpaired) electrons. The average Bonchev–Trinajstić information content (AvgIpc) is 2.81. The third kappa shape index (κ3) is 2.98. The fourth-order valence-corrected chi connectivity index (χ4v) is 5.70. The number of ether oxygens (including phenoxy) is 2. The fraction of sp³-hybridized carbons (Fsp3) is 0.667. The minimum Gasteiger partial charge on any atom is -0.463 e. The molecule has 2 saturated heterocycles. The summed E-state index contributed by atoms with van der Waals surface area (Å²) < 4.78 is 34.8. The molecule has 1 amide bonds. The Morgan fingerprint density at radius 2 is 2.08 bits per heavy atom. The highest BCUT2D eigenvalue weighted by Crippen LogP contribution is 2.44. The molecule has 2 fully saturated rings. The van der Waals surface area contributed by atoms with Crippen LogP contribution in [0.4, 0.5) is 0 Å². The van der Waals surface area contributed by atoms with Crippen LogP contribution in [0.2, 0.25) is 0 Å². The molecule has 3 heterocycles. The number of aromatic nitrogens is 2. The summed E-state index contributed by atoms with van der Waals surface area (Å²) in [5.74, 6) is -0.206. The van der Waals surface area contributed by atoms with Gasteiger partial charge in [-0.15, -0.1) is 0 Å². The average molecular weight is 355 g/mol. The lowest BCUT2D eigenvalue weighted by Crippen LogP contribution is -2.69. The third-order valence-electron chi connectivity index (χ3n) is 4.75. The van der Waals surface area contributed by atoms with Crippen molar-refractivity contribution >= 4 is 15.7 Å². The van der Waals surface area contributed by atoms with Gasteiger partial charge in [0.2, 0.25) is 5.91 Å². The molecule has 2 aliphatic heterocycles. The van der Waals surface area contributed by atoms with E-state index >= 15 is 0 Å². The number of carbonyl (C=O) groups is 1. The van der Waals surface area contributed by atoms with Crippen LogP contribution >= 0.6 is 0 Å². The predicted molar refractivity (Wildman–Crippen MR) is 85.2 cm³/mol. The van der Waals surface area contributed by atoms with Gasteiger partial charge in [-0.1, -0.05) is 0 Å². The molecule has 1 aromatic heterocycles. The first kappa shape index (κ1) is 17.1. The second-order valence-corrected chi connectivity index (χ2v) is 8.55. The first-order chi connectivity index (χ1) is 11.5. The number of likely N-dealkylation sites (tertiary alicyclic amines) is 1. The number of rotatable bonds is 6. The molecule has 1 aromatic rings. The first-order valence-electron chi connectivity index (χ1n) is 7.96. The van der Waals surface area contributed by atoms with Crippen molar-refractivity contribution in [2.45, 2.75) is 18.1 Å². The number of carbonyl (C=O) groups excluding carboxylic acids is 1. The highest BCUT2D eigenvalue weighted by atomic mass is 32.2. The van der Waals surface area contributed by atoms with Crippen molar-refractivity contribution in [3.63, 3.8) is 0 Å². The Morgan fingerprint density at radius 1 is 1.38 bits per heavy atom. The van der Waals surface area contributed by atoms with Gasteiger partial charge >= 0.3 is 6.01 Å². The van der Waals surface area contributed by atoms with Gasteiger partial charge in [0.15, 0.2) is 9.84 Å². The summed E-state index contributed by atoms with van der Waals surface area (Å²) >= 11 is 0. The SMILES string of the molecule is CCOCC(=O)N1CC2(C1)[C@@H](COc1ncccn1)CCS2(=O)=O. The van der Waals surface area contributed by atoms with E-state index in [2.05, 4.69) is 9.97 Å². The van der Waals surface area contributed by atoms with Gasteiger partial charge in [-0.05, 0) is 19.4 Å². The third-order valence-corrected chi connectivity index (χ3v) is 7.36. The molecule has 0 bridgehead atoms. The number of hydrogen-bond donors (Lipinski definition) is 0. The highest BCUT2D eigenvalue weighted by Gasteiger charge is 2.62. The largest absolute Gasteiger partial charge is 0.463 e. The smallest absolute Gasteiger partial charge is 0.316 e. The number of hydrogen-bond acceptors (Lipinski definition) is 7. The molecule has 0 unspecified atom stereocenters. The Balaban J connectivity index is 1.65. The van der Waals surface area contributed by atoms with Crippen molar-refractivity contribution in [2.75, 3.05) is 38.7 Å². The molecule has 0 saturated carbocycles. The lowest BCUT2D eigenvalue weighted by Gasteiger charge is -2.49. The normalized spacial score (nSPS) is 23.9. The van der Waals surface area contributed by atoms with Crippen LogP contribution in [0.1, 0.15) is 13.3 Å². The van der Waals surface area contributed by atoms with Gasteiger partial charge in [-0.3, -0.25) is 4.79 Å². The molecule has 132 valence electrons. The highest BCUT2D eigenvalue weighted by molar-refractivity contribution is 7.93. The Bertz CT molecular complexity index is 688. The maximum Gasteiger partial charge on any atom is 0.316 e. The van der Waals surface area contributed by atoms with Gasteiger partial charge in [0.25, 0.3) is 0 Å². The number of nitrogens with zero attached hydrogens (tertiary/aromatic N) is 3. The van der Waals surface area contributed by atoms with Crippen molar-refractivity contribution in [1.82, 2.24) is 14.9 Å². The summed E-state index contributed by atoms with van der Waals surface area (Å²) in [5.41, 5.74) is 0. The molecule has 0 aromatic carbocycles. The van der Waals surface area contributed by atoms with Crippen LogP contribution in [0, 0.1) is 5.92 Å². The van der Waals surface area contributed by atoms with Crippen molar-refractivity contribution in [2.24, 2.45) is 5.92 Å². The topological polar surface area (TPSA) is 98.7 Å².